The number of guanidine groups is 1. The highest BCUT2D eigenvalue weighted by Crippen LogP contribution is 2.18. The van der Waals surface area contributed by atoms with Crippen LogP contribution in [0.2, 0.25) is 0 Å². The number of hydrogen-bond donors (Lipinski definition) is 1. The molecule has 1 unspecified atom stereocenters. The predicted molar refractivity (Wildman–Crippen MR) is 96.3 cm³/mol. The third kappa shape index (κ3) is 4.10. The Morgan fingerprint density at radius 3 is 2.90 bits per heavy atom. The first-order valence-electron chi connectivity index (χ1n) is 7.51. The summed E-state index contributed by atoms with van der Waals surface area (Å²) < 4.78 is 5.66. The van der Waals surface area contributed by atoms with Crippen LogP contribution in [0.3, 0.4) is 0 Å². The summed E-state index contributed by atoms with van der Waals surface area (Å²) in [6, 6.07) is 8.69. The van der Waals surface area contributed by atoms with Crippen LogP contribution in [0.25, 0.3) is 0 Å². The maximum Gasteiger partial charge on any atom is 0.194 e. The Kier molecular flexibility index (Phi) is 6.29. The van der Waals surface area contributed by atoms with Crippen molar-refractivity contribution in [1.29, 1.82) is 0 Å². The Hall–Kier alpha value is -0.820. The SMILES string of the molecule is CN=C(NCC1CCCO1)N1CCc2ccccc2C1.I. The first-order valence-corrected chi connectivity index (χ1v) is 7.51. The number of aliphatic imine (C=N–C) groups is 1. The molecule has 0 bridgehead atoms. The van der Waals surface area contributed by atoms with E-state index in [2.05, 4.69) is 39.5 Å². The fraction of sp³-hybridized carbons (Fsp3) is 0.562. The van der Waals surface area contributed by atoms with Crippen molar-refractivity contribution in [2.24, 2.45) is 4.99 Å². The summed E-state index contributed by atoms with van der Waals surface area (Å²) in [5.41, 5.74) is 2.89. The molecule has 0 aromatic heterocycles. The van der Waals surface area contributed by atoms with Crippen molar-refractivity contribution in [2.75, 3.05) is 26.7 Å². The summed E-state index contributed by atoms with van der Waals surface area (Å²) in [7, 11) is 1.86. The highest BCUT2D eigenvalue weighted by Gasteiger charge is 2.20. The van der Waals surface area contributed by atoms with E-state index in [4.69, 9.17) is 4.74 Å². The molecular formula is C16H24IN3O. The van der Waals surface area contributed by atoms with E-state index in [9.17, 15) is 0 Å². The molecule has 0 amide bonds. The average Bonchev–Trinajstić information content (AvgIpc) is 3.01. The van der Waals surface area contributed by atoms with E-state index in [1.807, 2.05) is 7.05 Å². The highest BCUT2D eigenvalue weighted by molar-refractivity contribution is 14.0. The van der Waals surface area contributed by atoms with Gasteiger partial charge in [0.15, 0.2) is 5.96 Å². The molecule has 21 heavy (non-hydrogen) atoms. The van der Waals surface area contributed by atoms with Crippen molar-refractivity contribution in [3.05, 3.63) is 35.4 Å². The summed E-state index contributed by atoms with van der Waals surface area (Å²) in [6.07, 6.45) is 3.79. The third-order valence-corrected chi connectivity index (χ3v) is 4.15. The van der Waals surface area contributed by atoms with E-state index < -0.39 is 0 Å². The summed E-state index contributed by atoms with van der Waals surface area (Å²) >= 11 is 0. The first kappa shape index (κ1) is 16.5. The lowest BCUT2D eigenvalue weighted by Gasteiger charge is -2.32. The van der Waals surface area contributed by atoms with Gasteiger partial charge in [-0.1, -0.05) is 24.3 Å². The second-order valence-corrected chi connectivity index (χ2v) is 5.50. The van der Waals surface area contributed by atoms with Crippen LogP contribution in [-0.2, 0) is 17.7 Å². The lowest BCUT2D eigenvalue weighted by Crippen LogP contribution is -2.46. The van der Waals surface area contributed by atoms with Gasteiger partial charge >= 0.3 is 0 Å². The second kappa shape index (κ2) is 7.98. The van der Waals surface area contributed by atoms with E-state index >= 15 is 0 Å². The molecule has 1 aromatic carbocycles. The molecule has 2 aliphatic heterocycles. The predicted octanol–water partition coefficient (Wildman–Crippen LogP) is 2.42. The van der Waals surface area contributed by atoms with Gasteiger partial charge in [0, 0.05) is 33.3 Å². The molecule has 1 fully saturated rings. The number of hydrogen-bond acceptors (Lipinski definition) is 2. The van der Waals surface area contributed by atoms with Crippen molar-refractivity contribution >= 4 is 29.9 Å². The topological polar surface area (TPSA) is 36.9 Å². The van der Waals surface area contributed by atoms with E-state index in [1.54, 1.807) is 0 Å². The van der Waals surface area contributed by atoms with Crippen molar-refractivity contribution in [3.63, 3.8) is 0 Å². The molecular weight excluding hydrogens is 377 g/mol. The molecule has 4 nitrogen and oxygen atoms in total. The van der Waals surface area contributed by atoms with Crippen molar-refractivity contribution in [2.45, 2.75) is 31.9 Å². The van der Waals surface area contributed by atoms with Gasteiger partial charge in [0.25, 0.3) is 0 Å². The van der Waals surface area contributed by atoms with E-state index in [0.29, 0.717) is 6.10 Å². The van der Waals surface area contributed by atoms with Crippen LogP contribution >= 0.6 is 24.0 Å². The Balaban J connectivity index is 0.00000161. The first-order chi connectivity index (χ1) is 9.86. The van der Waals surface area contributed by atoms with Crippen LogP contribution in [0.15, 0.2) is 29.3 Å². The van der Waals surface area contributed by atoms with Gasteiger partial charge in [0.2, 0.25) is 0 Å². The van der Waals surface area contributed by atoms with Gasteiger partial charge in [-0.2, -0.15) is 0 Å². The minimum absolute atomic E-state index is 0. The van der Waals surface area contributed by atoms with Gasteiger partial charge < -0.3 is 15.0 Å². The quantitative estimate of drug-likeness (QED) is 0.470. The Morgan fingerprint density at radius 2 is 2.19 bits per heavy atom. The van der Waals surface area contributed by atoms with E-state index in [1.165, 1.54) is 17.5 Å². The van der Waals surface area contributed by atoms with Crippen molar-refractivity contribution in [1.82, 2.24) is 10.2 Å². The van der Waals surface area contributed by atoms with Crippen molar-refractivity contribution in [3.8, 4) is 0 Å². The lowest BCUT2D eigenvalue weighted by atomic mass is 10.0. The average molecular weight is 401 g/mol. The number of halogens is 1. The Morgan fingerprint density at radius 1 is 1.38 bits per heavy atom. The van der Waals surface area contributed by atoms with Crippen LogP contribution in [0, 0.1) is 0 Å². The summed E-state index contributed by atoms with van der Waals surface area (Å²) in [6.45, 7) is 3.75. The molecule has 2 aliphatic rings. The molecule has 3 rings (SSSR count). The van der Waals surface area contributed by atoms with Gasteiger partial charge in [-0.15, -0.1) is 24.0 Å². The fourth-order valence-corrected chi connectivity index (χ4v) is 3.02. The minimum atomic E-state index is 0. The molecule has 116 valence electrons. The summed E-state index contributed by atoms with van der Waals surface area (Å²) in [5, 5.41) is 3.46. The van der Waals surface area contributed by atoms with Gasteiger partial charge in [0.1, 0.15) is 0 Å². The molecule has 1 N–H and O–H groups in total. The lowest BCUT2D eigenvalue weighted by molar-refractivity contribution is 0.113. The number of nitrogens with zero attached hydrogens (tertiary/aromatic N) is 2. The van der Waals surface area contributed by atoms with Gasteiger partial charge in [0.05, 0.1) is 6.10 Å². The molecule has 0 radical (unpaired) electrons. The Bertz CT molecular complexity index is 486. The number of benzene rings is 1. The van der Waals surface area contributed by atoms with Crippen molar-refractivity contribution < 1.29 is 4.74 Å². The maximum atomic E-state index is 5.66. The molecule has 5 heteroatoms. The summed E-state index contributed by atoms with van der Waals surface area (Å²) in [4.78, 5) is 6.75. The zero-order chi connectivity index (χ0) is 13.8. The number of nitrogens with one attached hydrogen (secondary N) is 1. The van der Waals surface area contributed by atoms with Gasteiger partial charge in [-0.3, -0.25) is 4.99 Å². The number of rotatable bonds is 2. The Labute approximate surface area is 144 Å². The van der Waals surface area contributed by atoms with E-state index in [0.717, 1.165) is 45.0 Å². The monoisotopic (exact) mass is 401 g/mol. The molecule has 1 aromatic rings. The van der Waals surface area contributed by atoms with Crippen LogP contribution in [0.4, 0.5) is 0 Å². The molecule has 0 saturated carbocycles. The second-order valence-electron chi connectivity index (χ2n) is 5.50. The van der Waals surface area contributed by atoms with E-state index in [-0.39, 0.29) is 24.0 Å². The zero-order valence-corrected chi connectivity index (χ0v) is 14.9. The molecule has 2 heterocycles. The van der Waals surface area contributed by atoms with Crippen LogP contribution in [0.1, 0.15) is 24.0 Å². The zero-order valence-electron chi connectivity index (χ0n) is 12.5. The molecule has 0 aliphatic carbocycles. The normalized spacial score (nSPS) is 21.7. The van der Waals surface area contributed by atoms with Crippen LogP contribution < -0.4 is 5.32 Å². The molecule has 1 saturated heterocycles. The standard InChI is InChI=1S/C16H23N3O.HI/c1-17-16(18-11-15-7-4-10-20-15)19-9-8-13-5-2-3-6-14(13)12-19;/h2-3,5-6,15H,4,7-12H2,1H3,(H,17,18);1H. The third-order valence-electron chi connectivity index (χ3n) is 4.15. The summed E-state index contributed by atoms with van der Waals surface area (Å²) in [5.74, 6) is 0.995. The van der Waals surface area contributed by atoms with Crippen LogP contribution in [0.5, 0.6) is 0 Å². The minimum Gasteiger partial charge on any atom is -0.376 e. The maximum absolute atomic E-state index is 5.66. The van der Waals surface area contributed by atoms with Gasteiger partial charge in [-0.05, 0) is 30.4 Å². The number of ether oxygens (including phenoxy) is 1. The molecule has 1 atom stereocenters. The largest absolute Gasteiger partial charge is 0.376 e. The van der Waals surface area contributed by atoms with Gasteiger partial charge in [-0.25, -0.2) is 0 Å². The fourth-order valence-electron chi connectivity index (χ4n) is 3.02. The highest BCUT2D eigenvalue weighted by atomic mass is 127. The smallest absolute Gasteiger partial charge is 0.194 e. The van der Waals surface area contributed by atoms with Crippen LogP contribution in [-0.4, -0.2) is 43.7 Å². The number of fused-ring (bicyclic) bond motifs is 1. The molecule has 0 spiro atoms.